The molecule has 86 valence electrons. The van der Waals surface area contributed by atoms with Gasteiger partial charge in [-0.2, -0.15) is 0 Å². The van der Waals surface area contributed by atoms with E-state index in [1.54, 1.807) is 0 Å². The molecule has 1 aromatic rings. The van der Waals surface area contributed by atoms with Crippen molar-refractivity contribution in [1.82, 2.24) is 4.90 Å². The maximum Gasteiger partial charge on any atom is 0.137 e. The third kappa shape index (κ3) is 2.68. The van der Waals surface area contributed by atoms with Gasteiger partial charge in [-0.05, 0) is 18.4 Å². The molecule has 0 radical (unpaired) electrons. The highest BCUT2D eigenvalue weighted by Gasteiger charge is 2.25. The standard InChI is InChI=1S/C13H18N2O/c14-12-6-7-13(10-16)15(9-12)8-11-4-2-1-3-5-11/h1-5,10,12-13H,6-9,14H2. The average Bonchev–Trinajstić information content (AvgIpc) is 2.31. The minimum Gasteiger partial charge on any atom is -0.327 e. The van der Waals surface area contributed by atoms with Crippen molar-refractivity contribution in [3.8, 4) is 0 Å². The van der Waals surface area contributed by atoms with Gasteiger partial charge in [0.25, 0.3) is 0 Å². The highest BCUT2D eigenvalue weighted by atomic mass is 16.1. The Morgan fingerprint density at radius 2 is 2.06 bits per heavy atom. The van der Waals surface area contributed by atoms with Gasteiger partial charge >= 0.3 is 0 Å². The van der Waals surface area contributed by atoms with Crippen molar-refractivity contribution in [3.63, 3.8) is 0 Å². The van der Waals surface area contributed by atoms with Crippen LogP contribution in [0.15, 0.2) is 30.3 Å². The molecule has 0 aliphatic carbocycles. The zero-order valence-electron chi connectivity index (χ0n) is 9.38. The normalized spacial score (nSPS) is 26.6. The van der Waals surface area contributed by atoms with Gasteiger partial charge in [-0.25, -0.2) is 0 Å². The van der Waals surface area contributed by atoms with E-state index in [0.29, 0.717) is 0 Å². The van der Waals surface area contributed by atoms with E-state index in [1.807, 2.05) is 18.2 Å². The Morgan fingerprint density at radius 1 is 1.31 bits per heavy atom. The number of carbonyl (C=O) groups is 1. The Kier molecular flexibility index (Phi) is 3.70. The molecule has 1 aliphatic heterocycles. The first kappa shape index (κ1) is 11.3. The molecule has 1 aromatic carbocycles. The Morgan fingerprint density at radius 3 is 2.75 bits per heavy atom. The molecule has 1 fully saturated rings. The van der Waals surface area contributed by atoms with Crippen LogP contribution in [-0.2, 0) is 11.3 Å². The van der Waals surface area contributed by atoms with E-state index in [-0.39, 0.29) is 12.1 Å². The summed E-state index contributed by atoms with van der Waals surface area (Å²) in [7, 11) is 0. The minimum atomic E-state index is 0.0417. The SMILES string of the molecule is NC1CCC(C=O)N(Cc2ccccc2)C1. The summed E-state index contributed by atoms with van der Waals surface area (Å²) in [4.78, 5) is 13.2. The second-order valence-electron chi connectivity index (χ2n) is 4.46. The minimum absolute atomic E-state index is 0.0417. The first-order valence-electron chi connectivity index (χ1n) is 5.78. The van der Waals surface area contributed by atoms with Crippen molar-refractivity contribution in [2.75, 3.05) is 6.54 Å². The van der Waals surface area contributed by atoms with Gasteiger partial charge in [0.05, 0.1) is 6.04 Å². The number of hydrogen-bond donors (Lipinski definition) is 1. The van der Waals surface area contributed by atoms with Gasteiger partial charge in [0.15, 0.2) is 0 Å². The maximum absolute atomic E-state index is 11.0. The molecule has 2 N–H and O–H groups in total. The zero-order chi connectivity index (χ0) is 11.4. The monoisotopic (exact) mass is 218 g/mol. The summed E-state index contributed by atoms with van der Waals surface area (Å²) in [5.74, 6) is 0. The van der Waals surface area contributed by atoms with Crippen LogP contribution in [0.2, 0.25) is 0 Å². The molecular formula is C13H18N2O. The smallest absolute Gasteiger partial charge is 0.137 e. The van der Waals surface area contributed by atoms with Crippen molar-refractivity contribution < 1.29 is 4.79 Å². The second kappa shape index (κ2) is 5.23. The number of aldehydes is 1. The Bertz CT molecular complexity index is 339. The van der Waals surface area contributed by atoms with Crippen LogP contribution in [0.3, 0.4) is 0 Å². The van der Waals surface area contributed by atoms with E-state index in [1.165, 1.54) is 5.56 Å². The molecule has 3 heteroatoms. The van der Waals surface area contributed by atoms with Gasteiger partial charge in [0, 0.05) is 19.1 Å². The zero-order valence-corrected chi connectivity index (χ0v) is 9.38. The first-order chi connectivity index (χ1) is 7.79. The van der Waals surface area contributed by atoms with Crippen molar-refractivity contribution in [2.45, 2.75) is 31.5 Å². The molecule has 2 atom stereocenters. The van der Waals surface area contributed by atoms with Crippen LogP contribution >= 0.6 is 0 Å². The highest BCUT2D eigenvalue weighted by molar-refractivity contribution is 5.57. The van der Waals surface area contributed by atoms with Crippen LogP contribution in [0, 0.1) is 0 Å². The molecule has 3 nitrogen and oxygen atoms in total. The molecule has 2 rings (SSSR count). The van der Waals surface area contributed by atoms with Crippen molar-refractivity contribution in [2.24, 2.45) is 5.73 Å². The molecule has 0 saturated carbocycles. The topological polar surface area (TPSA) is 46.3 Å². The average molecular weight is 218 g/mol. The van der Waals surface area contributed by atoms with Gasteiger partial charge in [0.1, 0.15) is 6.29 Å². The summed E-state index contributed by atoms with van der Waals surface area (Å²) in [5.41, 5.74) is 7.18. The lowest BCUT2D eigenvalue weighted by atomic mass is 9.99. The van der Waals surface area contributed by atoms with E-state index in [4.69, 9.17) is 5.73 Å². The summed E-state index contributed by atoms with van der Waals surface area (Å²) < 4.78 is 0. The number of nitrogens with two attached hydrogens (primary N) is 1. The van der Waals surface area contributed by atoms with Gasteiger partial charge in [0.2, 0.25) is 0 Å². The fourth-order valence-electron chi connectivity index (χ4n) is 2.25. The number of hydrogen-bond acceptors (Lipinski definition) is 3. The molecule has 0 spiro atoms. The maximum atomic E-state index is 11.0. The van der Waals surface area contributed by atoms with E-state index in [2.05, 4.69) is 17.0 Å². The van der Waals surface area contributed by atoms with Crippen molar-refractivity contribution in [3.05, 3.63) is 35.9 Å². The number of likely N-dealkylation sites (tertiary alicyclic amines) is 1. The number of piperidine rings is 1. The lowest BCUT2D eigenvalue weighted by Gasteiger charge is -2.35. The molecule has 1 saturated heterocycles. The lowest BCUT2D eigenvalue weighted by Crippen LogP contribution is -2.48. The predicted molar refractivity (Wildman–Crippen MR) is 63.9 cm³/mol. The number of benzene rings is 1. The Labute approximate surface area is 96.2 Å². The summed E-state index contributed by atoms with van der Waals surface area (Å²) in [6, 6.07) is 10.5. The Balaban J connectivity index is 2.03. The van der Waals surface area contributed by atoms with Crippen molar-refractivity contribution in [1.29, 1.82) is 0 Å². The summed E-state index contributed by atoms with van der Waals surface area (Å²) in [6.07, 6.45) is 2.89. The Hall–Kier alpha value is -1.19. The van der Waals surface area contributed by atoms with E-state index >= 15 is 0 Å². The molecule has 2 unspecified atom stereocenters. The summed E-state index contributed by atoms with van der Waals surface area (Å²) in [6.45, 7) is 1.64. The van der Waals surface area contributed by atoms with Crippen molar-refractivity contribution >= 4 is 6.29 Å². The lowest BCUT2D eigenvalue weighted by molar-refractivity contribution is -0.113. The predicted octanol–water partition coefficient (Wildman–Crippen LogP) is 1.18. The fourth-order valence-corrected chi connectivity index (χ4v) is 2.25. The molecule has 16 heavy (non-hydrogen) atoms. The van der Waals surface area contributed by atoms with Gasteiger partial charge in [-0.3, -0.25) is 4.90 Å². The van der Waals surface area contributed by atoms with Crippen LogP contribution < -0.4 is 5.73 Å². The second-order valence-corrected chi connectivity index (χ2v) is 4.46. The van der Waals surface area contributed by atoms with E-state index in [0.717, 1.165) is 32.2 Å². The highest BCUT2D eigenvalue weighted by Crippen LogP contribution is 2.17. The van der Waals surface area contributed by atoms with Gasteiger partial charge < -0.3 is 10.5 Å². The van der Waals surface area contributed by atoms with Crippen LogP contribution in [0.1, 0.15) is 18.4 Å². The van der Waals surface area contributed by atoms with Crippen LogP contribution in [0.4, 0.5) is 0 Å². The number of rotatable bonds is 3. The third-order valence-corrected chi connectivity index (χ3v) is 3.16. The summed E-state index contributed by atoms with van der Waals surface area (Å²) in [5, 5.41) is 0. The molecule has 0 bridgehead atoms. The largest absolute Gasteiger partial charge is 0.327 e. The van der Waals surface area contributed by atoms with E-state index < -0.39 is 0 Å². The quantitative estimate of drug-likeness (QED) is 0.775. The number of carbonyl (C=O) groups excluding carboxylic acids is 1. The van der Waals surface area contributed by atoms with Crippen LogP contribution in [0.5, 0.6) is 0 Å². The van der Waals surface area contributed by atoms with Crippen LogP contribution in [-0.4, -0.2) is 29.8 Å². The van der Waals surface area contributed by atoms with Gasteiger partial charge in [-0.15, -0.1) is 0 Å². The summed E-state index contributed by atoms with van der Waals surface area (Å²) >= 11 is 0. The molecule has 0 amide bonds. The number of nitrogens with zero attached hydrogens (tertiary/aromatic N) is 1. The van der Waals surface area contributed by atoms with Crippen LogP contribution in [0.25, 0.3) is 0 Å². The molecule has 1 aliphatic rings. The fraction of sp³-hybridized carbons (Fsp3) is 0.462. The molecular weight excluding hydrogens is 200 g/mol. The molecule has 1 heterocycles. The first-order valence-corrected chi connectivity index (χ1v) is 5.78. The van der Waals surface area contributed by atoms with E-state index in [9.17, 15) is 4.79 Å². The van der Waals surface area contributed by atoms with Gasteiger partial charge in [-0.1, -0.05) is 30.3 Å². The molecule has 0 aromatic heterocycles. The third-order valence-electron chi connectivity index (χ3n) is 3.16.